The first-order valence-electron chi connectivity index (χ1n) is 10.2. The standard InChI is InChI=1S/C22H39NO3S/c1-8-21(4,5)18-13-14-20(19(17-18)22(6,7)9-2)26-16-12-11-15-23-27(24,25)10-3/h13-14,17,23H,8-12,15-16H2,1-7H3. The summed E-state index contributed by atoms with van der Waals surface area (Å²) in [5, 5.41) is 0. The molecular weight excluding hydrogens is 358 g/mol. The van der Waals surface area contributed by atoms with E-state index in [0.717, 1.165) is 31.4 Å². The molecule has 1 aromatic rings. The van der Waals surface area contributed by atoms with Crippen LogP contribution < -0.4 is 9.46 Å². The molecule has 0 fully saturated rings. The lowest BCUT2D eigenvalue weighted by Gasteiger charge is -2.30. The smallest absolute Gasteiger partial charge is 0.211 e. The summed E-state index contributed by atoms with van der Waals surface area (Å²) in [5.74, 6) is 1.08. The minimum atomic E-state index is -3.10. The molecule has 1 rings (SSSR count). The predicted octanol–water partition coefficient (Wildman–Crippen LogP) is 5.16. The summed E-state index contributed by atoms with van der Waals surface area (Å²) in [7, 11) is -3.10. The Morgan fingerprint density at radius 2 is 1.59 bits per heavy atom. The Bertz CT molecular complexity index is 694. The van der Waals surface area contributed by atoms with Gasteiger partial charge in [0.1, 0.15) is 5.75 Å². The molecule has 0 aromatic heterocycles. The Morgan fingerprint density at radius 3 is 2.15 bits per heavy atom. The lowest BCUT2D eigenvalue weighted by molar-refractivity contribution is 0.296. The summed E-state index contributed by atoms with van der Waals surface area (Å²) in [5.41, 5.74) is 2.80. The van der Waals surface area contributed by atoms with Crippen LogP contribution in [0.15, 0.2) is 18.2 Å². The quantitative estimate of drug-likeness (QED) is 0.496. The zero-order valence-electron chi connectivity index (χ0n) is 18.3. The molecule has 0 unspecified atom stereocenters. The van der Waals surface area contributed by atoms with Crippen LogP contribution in [0.3, 0.4) is 0 Å². The van der Waals surface area contributed by atoms with E-state index in [1.165, 1.54) is 11.1 Å². The zero-order valence-corrected chi connectivity index (χ0v) is 19.1. The highest BCUT2D eigenvalue weighted by Gasteiger charge is 2.26. The molecule has 0 amide bonds. The van der Waals surface area contributed by atoms with Crippen molar-refractivity contribution in [1.29, 1.82) is 0 Å². The Morgan fingerprint density at radius 1 is 0.963 bits per heavy atom. The van der Waals surface area contributed by atoms with E-state index in [0.29, 0.717) is 13.2 Å². The molecular formula is C22H39NO3S. The van der Waals surface area contributed by atoms with Gasteiger partial charge in [-0.3, -0.25) is 0 Å². The Balaban J connectivity index is 2.79. The largest absolute Gasteiger partial charge is 0.493 e. The second kappa shape index (κ2) is 9.92. The molecule has 5 heteroatoms. The first-order valence-corrected chi connectivity index (χ1v) is 11.9. The van der Waals surface area contributed by atoms with Crippen molar-refractivity contribution >= 4 is 10.0 Å². The number of sulfonamides is 1. The molecule has 0 atom stereocenters. The van der Waals surface area contributed by atoms with Crippen LogP contribution >= 0.6 is 0 Å². The van der Waals surface area contributed by atoms with Gasteiger partial charge in [-0.15, -0.1) is 0 Å². The summed E-state index contributed by atoms with van der Waals surface area (Å²) in [6.07, 6.45) is 3.72. The molecule has 0 aliphatic rings. The Labute approximate surface area is 167 Å². The predicted molar refractivity (Wildman–Crippen MR) is 115 cm³/mol. The maximum absolute atomic E-state index is 11.4. The molecule has 0 bridgehead atoms. The second-order valence-electron chi connectivity index (χ2n) is 8.54. The summed E-state index contributed by atoms with van der Waals surface area (Å²) in [6.45, 7) is 16.2. The highest BCUT2D eigenvalue weighted by Crippen LogP contribution is 2.38. The third-order valence-electron chi connectivity index (χ3n) is 5.79. The zero-order chi connectivity index (χ0) is 20.7. The summed E-state index contributed by atoms with van der Waals surface area (Å²) in [4.78, 5) is 0. The number of ether oxygens (including phenoxy) is 1. The minimum absolute atomic E-state index is 0.0475. The van der Waals surface area contributed by atoms with Crippen molar-refractivity contribution in [2.24, 2.45) is 0 Å². The third-order valence-corrected chi connectivity index (χ3v) is 7.19. The molecule has 1 N–H and O–H groups in total. The summed E-state index contributed by atoms with van der Waals surface area (Å²) >= 11 is 0. The van der Waals surface area contributed by atoms with Crippen molar-refractivity contribution in [3.8, 4) is 5.75 Å². The fourth-order valence-corrected chi connectivity index (χ4v) is 3.40. The van der Waals surface area contributed by atoms with Crippen molar-refractivity contribution in [3.63, 3.8) is 0 Å². The SMILES string of the molecule is CCC(C)(C)c1ccc(OCCCCNS(=O)(=O)CC)c(C(C)(C)CC)c1. The molecule has 0 radical (unpaired) electrons. The van der Waals surface area contributed by atoms with Gasteiger partial charge in [-0.1, -0.05) is 53.7 Å². The fourth-order valence-electron chi connectivity index (χ4n) is 2.74. The van der Waals surface area contributed by atoms with Crippen molar-refractivity contribution in [3.05, 3.63) is 29.3 Å². The molecule has 0 aliphatic heterocycles. The van der Waals surface area contributed by atoms with Crippen LogP contribution in [0, 0.1) is 0 Å². The van der Waals surface area contributed by atoms with Crippen LogP contribution in [-0.4, -0.2) is 27.3 Å². The van der Waals surface area contributed by atoms with Crippen molar-refractivity contribution < 1.29 is 13.2 Å². The van der Waals surface area contributed by atoms with Gasteiger partial charge >= 0.3 is 0 Å². The van der Waals surface area contributed by atoms with E-state index in [1.54, 1.807) is 6.92 Å². The van der Waals surface area contributed by atoms with Gasteiger partial charge in [0.05, 0.1) is 12.4 Å². The van der Waals surface area contributed by atoms with Gasteiger partial charge in [-0.25, -0.2) is 13.1 Å². The molecule has 0 spiro atoms. The number of hydrogen-bond donors (Lipinski definition) is 1. The first-order chi connectivity index (χ1) is 12.5. The molecule has 156 valence electrons. The van der Waals surface area contributed by atoms with E-state index in [-0.39, 0.29) is 16.6 Å². The second-order valence-corrected chi connectivity index (χ2v) is 10.6. The van der Waals surface area contributed by atoms with Crippen LogP contribution in [0.2, 0.25) is 0 Å². The van der Waals surface area contributed by atoms with E-state index in [9.17, 15) is 8.42 Å². The van der Waals surface area contributed by atoms with Crippen molar-refractivity contribution in [2.45, 2.75) is 85.0 Å². The monoisotopic (exact) mass is 397 g/mol. The van der Waals surface area contributed by atoms with Gasteiger partial charge in [0.15, 0.2) is 0 Å². The van der Waals surface area contributed by atoms with Crippen LogP contribution in [0.25, 0.3) is 0 Å². The Kier molecular flexibility index (Phi) is 8.81. The lowest BCUT2D eigenvalue weighted by Crippen LogP contribution is -2.26. The lowest BCUT2D eigenvalue weighted by atomic mass is 9.76. The van der Waals surface area contributed by atoms with Crippen LogP contribution in [0.5, 0.6) is 5.75 Å². The fraction of sp³-hybridized carbons (Fsp3) is 0.727. The molecule has 0 saturated heterocycles. The molecule has 27 heavy (non-hydrogen) atoms. The van der Waals surface area contributed by atoms with Gasteiger partial charge in [-0.05, 0) is 55.1 Å². The van der Waals surface area contributed by atoms with Gasteiger partial charge in [0.25, 0.3) is 0 Å². The normalized spacial score (nSPS) is 13.0. The van der Waals surface area contributed by atoms with E-state index in [1.807, 2.05) is 0 Å². The first kappa shape index (κ1) is 24.0. The highest BCUT2D eigenvalue weighted by atomic mass is 32.2. The molecule has 0 saturated carbocycles. The van der Waals surface area contributed by atoms with Gasteiger partial charge < -0.3 is 4.74 Å². The summed E-state index contributed by atoms with van der Waals surface area (Å²) in [6, 6.07) is 6.61. The van der Waals surface area contributed by atoms with E-state index >= 15 is 0 Å². The van der Waals surface area contributed by atoms with Crippen molar-refractivity contribution in [2.75, 3.05) is 18.9 Å². The minimum Gasteiger partial charge on any atom is -0.493 e. The van der Waals surface area contributed by atoms with Gasteiger partial charge in [0, 0.05) is 12.1 Å². The number of unbranched alkanes of at least 4 members (excludes halogenated alkanes) is 1. The van der Waals surface area contributed by atoms with E-state index in [4.69, 9.17) is 4.74 Å². The van der Waals surface area contributed by atoms with Crippen LogP contribution in [0.4, 0.5) is 0 Å². The highest BCUT2D eigenvalue weighted by molar-refractivity contribution is 7.89. The molecule has 4 nitrogen and oxygen atoms in total. The van der Waals surface area contributed by atoms with Gasteiger partial charge in [-0.2, -0.15) is 0 Å². The Hall–Kier alpha value is -1.07. The number of hydrogen-bond acceptors (Lipinski definition) is 3. The third kappa shape index (κ3) is 7.11. The number of benzene rings is 1. The maximum Gasteiger partial charge on any atom is 0.211 e. The number of rotatable bonds is 12. The van der Waals surface area contributed by atoms with Crippen LogP contribution in [0.1, 0.15) is 85.3 Å². The van der Waals surface area contributed by atoms with E-state index in [2.05, 4.69) is 64.5 Å². The average molecular weight is 398 g/mol. The molecule has 0 heterocycles. The van der Waals surface area contributed by atoms with Crippen molar-refractivity contribution in [1.82, 2.24) is 4.72 Å². The molecule has 1 aromatic carbocycles. The maximum atomic E-state index is 11.4. The summed E-state index contributed by atoms with van der Waals surface area (Å²) < 4.78 is 31.6. The number of nitrogens with one attached hydrogen (secondary N) is 1. The van der Waals surface area contributed by atoms with Gasteiger partial charge in [0.2, 0.25) is 10.0 Å². The topological polar surface area (TPSA) is 55.4 Å². The average Bonchev–Trinajstić information content (AvgIpc) is 2.64. The van der Waals surface area contributed by atoms with Crippen LogP contribution in [-0.2, 0) is 20.9 Å². The van der Waals surface area contributed by atoms with E-state index < -0.39 is 10.0 Å². The molecule has 0 aliphatic carbocycles.